The Morgan fingerprint density at radius 1 is 1.22 bits per heavy atom. The number of hydrogen-bond acceptors (Lipinski definition) is 5. The molecule has 2 aromatic rings. The van der Waals surface area contributed by atoms with Crippen LogP contribution in [0.25, 0.3) is 0 Å². The Hall–Kier alpha value is -2.91. The van der Waals surface area contributed by atoms with E-state index in [4.69, 9.17) is 4.74 Å². The van der Waals surface area contributed by atoms with Crippen LogP contribution in [0.4, 0.5) is 17.6 Å². The van der Waals surface area contributed by atoms with Crippen LogP contribution in [0.5, 0.6) is 11.8 Å². The number of nitrogens with zero attached hydrogens (tertiary/aromatic N) is 3. The first-order valence-electron chi connectivity index (χ1n) is 8.09. The van der Waals surface area contributed by atoms with Gasteiger partial charge in [-0.2, -0.15) is 0 Å². The first kappa shape index (κ1) is 18.9. The fourth-order valence-corrected chi connectivity index (χ4v) is 2.74. The van der Waals surface area contributed by atoms with E-state index in [2.05, 4.69) is 14.7 Å². The van der Waals surface area contributed by atoms with Gasteiger partial charge >= 0.3 is 12.4 Å². The van der Waals surface area contributed by atoms with Crippen LogP contribution in [-0.4, -0.2) is 46.3 Å². The quantitative estimate of drug-likeness (QED) is 0.757. The smallest absolute Gasteiger partial charge is 0.458 e. The van der Waals surface area contributed by atoms with Crippen molar-refractivity contribution in [3.8, 4) is 11.8 Å². The van der Waals surface area contributed by atoms with Crippen molar-refractivity contribution in [2.75, 3.05) is 13.1 Å². The Morgan fingerprint density at radius 3 is 2.67 bits per heavy atom. The minimum absolute atomic E-state index is 0.00345. The van der Waals surface area contributed by atoms with E-state index in [0.717, 1.165) is 24.5 Å². The number of ether oxygens (including phenoxy) is 2. The molecule has 0 N–H and O–H groups in total. The molecule has 3 rings (SSSR count). The van der Waals surface area contributed by atoms with Crippen molar-refractivity contribution in [3.63, 3.8) is 0 Å². The minimum Gasteiger partial charge on any atom is -0.458 e. The number of piperidine rings is 1. The first-order chi connectivity index (χ1) is 12.8. The lowest BCUT2D eigenvalue weighted by atomic mass is 10.1. The first-order valence-corrected chi connectivity index (χ1v) is 8.09. The molecule has 6 nitrogen and oxygen atoms in total. The number of rotatable bonds is 4. The summed E-state index contributed by atoms with van der Waals surface area (Å²) in [5, 5.41) is 0. The fraction of sp³-hybridized carbons (Fsp3) is 0.353. The Bertz CT molecular complexity index is 799. The highest BCUT2D eigenvalue weighted by atomic mass is 19.4. The Labute approximate surface area is 151 Å². The number of amides is 1. The molecule has 1 amide bonds. The third-order valence-electron chi connectivity index (χ3n) is 3.85. The molecule has 0 aliphatic carbocycles. The highest BCUT2D eigenvalue weighted by Crippen LogP contribution is 2.24. The van der Waals surface area contributed by atoms with E-state index >= 15 is 0 Å². The zero-order valence-electron chi connectivity index (χ0n) is 13.9. The third kappa shape index (κ3) is 5.28. The van der Waals surface area contributed by atoms with Gasteiger partial charge in [0.15, 0.2) is 5.82 Å². The van der Waals surface area contributed by atoms with Crippen molar-refractivity contribution < 1.29 is 31.8 Å². The maximum atomic E-state index is 12.8. The summed E-state index contributed by atoms with van der Waals surface area (Å²) in [4.78, 5) is 21.5. The summed E-state index contributed by atoms with van der Waals surface area (Å²) in [5.74, 6) is -1.49. The monoisotopic (exact) mass is 385 g/mol. The molecule has 0 radical (unpaired) electrons. The molecule has 1 aromatic heterocycles. The van der Waals surface area contributed by atoms with Gasteiger partial charge in [-0.05, 0) is 31.0 Å². The van der Waals surface area contributed by atoms with Crippen LogP contribution >= 0.6 is 0 Å². The molecule has 0 unspecified atom stereocenters. The molecule has 1 aromatic carbocycles. The number of hydrogen-bond donors (Lipinski definition) is 0. The molecule has 1 aliphatic heterocycles. The molecule has 0 saturated carbocycles. The van der Waals surface area contributed by atoms with E-state index in [1.165, 1.54) is 17.0 Å². The van der Waals surface area contributed by atoms with Gasteiger partial charge in [0, 0.05) is 12.1 Å². The average Bonchev–Trinajstić information content (AvgIpc) is 2.62. The molecule has 27 heavy (non-hydrogen) atoms. The van der Waals surface area contributed by atoms with Gasteiger partial charge in [-0.15, -0.1) is 13.2 Å². The molecule has 2 heterocycles. The highest BCUT2D eigenvalue weighted by molar-refractivity contribution is 5.94. The second-order valence-corrected chi connectivity index (χ2v) is 5.89. The maximum absolute atomic E-state index is 12.8. The minimum atomic E-state index is -4.83. The van der Waals surface area contributed by atoms with Gasteiger partial charge in [-0.1, -0.05) is 6.07 Å². The molecular formula is C17H15F4N3O3. The fourth-order valence-electron chi connectivity index (χ4n) is 2.74. The van der Waals surface area contributed by atoms with Gasteiger partial charge in [-0.25, -0.2) is 14.4 Å². The molecule has 144 valence electrons. The van der Waals surface area contributed by atoms with E-state index in [9.17, 15) is 22.4 Å². The lowest BCUT2D eigenvalue weighted by Gasteiger charge is -2.32. The second-order valence-electron chi connectivity index (χ2n) is 5.89. The van der Waals surface area contributed by atoms with Crippen LogP contribution in [0.3, 0.4) is 0 Å². The summed E-state index contributed by atoms with van der Waals surface area (Å²) in [7, 11) is 0. The number of carbonyl (C=O) groups excluding carboxylic acids is 1. The van der Waals surface area contributed by atoms with E-state index in [0.29, 0.717) is 19.4 Å². The van der Waals surface area contributed by atoms with Gasteiger partial charge in [0.05, 0.1) is 18.9 Å². The van der Waals surface area contributed by atoms with Crippen LogP contribution in [0.15, 0.2) is 36.7 Å². The van der Waals surface area contributed by atoms with Gasteiger partial charge in [0.2, 0.25) is 0 Å². The summed E-state index contributed by atoms with van der Waals surface area (Å²) >= 11 is 0. The zero-order chi connectivity index (χ0) is 19.4. The Kier molecular flexibility index (Phi) is 5.43. The third-order valence-corrected chi connectivity index (χ3v) is 3.85. The van der Waals surface area contributed by atoms with Crippen molar-refractivity contribution in [2.45, 2.75) is 25.3 Å². The number of aromatic nitrogens is 2. The molecule has 1 fully saturated rings. The lowest BCUT2D eigenvalue weighted by molar-refractivity contribution is -0.274. The number of likely N-dealkylation sites (tertiary alicyclic amines) is 1. The van der Waals surface area contributed by atoms with Crippen LogP contribution in [0.1, 0.15) is 23.2 Å². The number of benzene rings is 1. The van der Waals surface area contributed by atoms with E-state index in [1.807, 2.05) is 0 Å². The molecule has 10 heteroatoms. The van der Waals surface area contributed by atoms with Crippen molar-refractivity contribution in [1.82, 2.24) is 14.9 Å². The van der Waals surface area contributed by atoms with Crippen LogP contribution in [0.2, 0.25) is 0 Å². The van der Waals surface area contributed by atoms with E-state index < -0.39 is 29.9 Å². The molecule has 1 aliphatic rings. The van der Waals surface area contributed by atoms with Gasteiger partial charge < -0.3 is 14.4 Å². The summed E-state index contributed by atoms with van der Waals surface area (Å²) in [5.41, 5.74) is 0.0791. The lowest BCUT2D eigenvalue weighted by Crippen LogP contribution is -2.44. The predicted molar refractivity (Wildman–Crippen MR) is 84.7 cm³/mol. The molecule has 0 bridgehead atoms. The van der Waals surface area contributed by atoms with Gasteiger partial charge in [0.25, 0.3) is 5.91 Å². The van der Waals surface area contributed by atoms with Crippen LogP contribution in [0, 0.1) is 5.82 Å². The zero-order valence-corrected chi connectivity index (χ0v) is 13.9. The second kappa shape index (κ2) is 7.77. The van der Waals surface area contributed by atoms with Crippen molar-refractivity contribution in [2.24, 2.45) is 0 Å². The van der Waals surface area contributed by atoms with Crippen molar-refractivity contribution >= 4 is 5.91 Å². The topological polar surface area (TPSA) is 64.5 Å². The van der Waals surface area contributed by atoms with Crippen molar-refractivity contribution in [3.05, 3.63) is 48.0 Å². The van der Waals surface area contributed by atoms with E-state index in [1.54, 1.807) is 0 Å². The normalized spacial score (nSPS) is 17.5. The van der Waals surface area contributed by atoms with Gasteiger partial charge in [0.1, 0.15) is 11.9 Å². The molecule has 1 saturated heterocycles. The average molecular weight is 385 g/mol. The van der Waals surface area contributed by atoms with Crippen LogP contribution in [-0.2, 0) is 0 Å². The predicted octanol–water partition coefficient (Wildman–Crippen LogP) is 3.20. The summed E-state index contributed by atoms with van der Waals surface area (Å²) < 4.78 is 59.3. The SMILES string of the molecule is O=C(c1cccc(OC(F)(F)F)c1)N1CCC[C@H](Oc2ncc(F)cn2)C1. The largest absolute Gasteiger partial charge is 0.573 e. The summed E-state index contributed by atoms with van der Waals surface area (Å²) in [6, 6.07) is 4.90. The Balaban J connectivity index is 1.66. The standard InChI is InChI=1S/C17H15F4N3O3/c18-12-8-22-16(23-9-12)26-14-5-2-6-24(10-14)15(25)11-3-1-4-13(7-11)27-17(19,20)21/h1,3-4,7-9,14H,2,5-6,10H2/t14-/m0/s1. The highest BCUT2D eigenvalue weighted by Gasteiger charge is 2.32. The van der Waals surface area contributed by atoms with Crippen molar-refractivity contribution in [1.29, 1.82) is 0 Å². The Morgan fingerprint density at radius 2 is 1.96 bits per heavy atom. The number of carbonyl (C=O) groups is 1. The summed E-state index contributed by atoms with van der Waals surface area (Å²) in [6.45, 7) is 0.650. The molecule has 0 spiro atoms. The number of alkyl halides is 3. The van der Waals surface area contributed by atoms with Gasteiger partial charge in [-0.3, -0.25) is 4.79 Å². The maximum Gasteiger partial charge on any atom is 0.573 e. The summed E-state index contributed by atoms with van der Waals surface area (Å²) in [6.07, 6.45) is -2.01. The van der Waals surface area contributed by atoms with E-state index in [-0.39, 0.29) is 18.1 Å². The number of halogens is 4. The molecular weight excluding hydrogens is 370 g/mol. The molecule has 1 atom stereocenters. The van der Waals surface area contributed by atoms with Crippen LogP contribution < -0.4 is 9.47 Å².